The fourth-order valence-corrected chi connectivity index (χ4v) is 5.09. The second kappa shape index (κ2) is 14.1. The number of carbonyl (C=O) groups excluding carboxylic acids is 3. The molecule has 2 atom stereocenters. The number of nitrogens with one attached hydrogen (secondary N) is 2. The predicted octanol–water partition coefficient (Wildman–Crippen LogP) is 8.04. The minimum atomic E-state index is -0.949. The van der Waals surface area contributed by atoms with Crippen molar-refractivity contribution in [2.45, 2.75) is 105 Å². The summed E-state index contributed by atoms with van der Waals surface area (Å²) in [6.45, 7) is 17.3. The van der Waals surface area contributed by atoms with Gasteiger partial charge in [0.2, 0.25) is 5.91 Å². The molecule has 7 nitrogen and oxygen atoms in total. The Morgan fingerprint density at radius 3 is 2.05 bits per heavy atom. The van der Waals surface area contributed by atoms with E-state index in [1.807, 2.05) is 101 Å². The van der Waals surface area contributed by atoms with Crippen molar-refractivity contribution in [2.75, 3.05) is 5.32 Å². The van der Waals surface area contributed by atoms with Gasteiger partial charge in [0, 0.05) is 11.2 Å². The zero-order valence-electron chi connectivity index (χ0n) is 27.3. The van der Waals surface area contributed by atoms with E-state index < -0.39 is 29.3 Å². The highest BCUT2D eigenvalue weighted by Gasteiger charge is 2.43. The molecule has 0 spiro atoms. The molecule has 2 N–H and O–H groups in total. The lowest BCUT2D eigenvalue weighted by Crippen LogP contribution is -2.59. The normalized spacial score (nSPS) is 13.3. The molecule has 3 aromatic rings. The first kappa shape index (κ1) is 33.6. The van der Waals surface area contributed by atoms with E-state index in [0.717, 1.165) is 22.8 Å². The largest absolute Gasteiger partial charge is 0.444 e. The molecule has 0 radical (unpaired) electrons. The van der Waals surface area contributed by atoms with E-state index in [1.165, 1.54) is 0 Å². The molecule has 43 heavy (non-hydrogen) atoms. The minimum Gasteiger partial charge on any atom is -0.444 e. The van der Waals surface area contributed by atoms with E-state index in [-0.39, 0.29) is 17.7 Å². The number of anilines is 1. The molecule has 0 saturated heterocycles. The number of hydrogen-bond donors (Lipinski definition) is 2. The van der Waals surface area contributed by atoms with Crippen molar-refractivity contribution in [3.8, 4) is 0 Å². The zero-order valence-corrected chi connectivity index (χ0v) is 27.3. The average Bonchev–Trinajstić information content (AvgIpc) is 2.93. The van der Waals surface area contributed by atoms with Crippen LogP contribution in [0.5, 0.6) is 0 Å². The summed E-state index contributed by atoms with van der Waals surface area (Å²) >= 11 is 0. The van der Waals surface area contributed by atoms with Crippen LogP contribution in [0.15, 0.2) is 66.7 Å². The molecule has 0 aliphatic rings. The van der Waals surface area contributed by atoms with Crippen LogP contribution in [-0.2, 0) is 20.7 Å². The summed E-state index contributed by atoms with van der Waals surface area (Å²) in [4.78, 5) is 43.5. The Bertz CT molecular complexity index is 1410. The summed E-state index contributed by atoms with van der Waals surface area (Å²) in [5.41, 5.74) is 1.03. The first-order valence-corrected chi connectivity index (χ1v) is 15.4. The van der Waals surface area contributed by atoms with Gasteiger partial charge >= 0.3 is 6.09 Å². The molecule has 0 aliphatic heterocycles. The van der Waals surface area contributed by atoms with E-state index in [9.17, 15) is 14.4 Å². The second-order valence-corrected chi connectivity index (χ2v) is 13.3. The van der Waals surface area contributed by atoms with Crippen molar-refractivity contribution in [3.05, 3.63) is 77.9 Å². The van der Waals surface area contributed by atoms with Gasteiger partial charge in [-0.05, 0) is 93.8 Å². The Balaban J connectivity index is 2.11. The van der Waals surface area contributed by atoms with Gasteiger partial charge in [-0.1, -0.05) is 82.3 Å². The molecule has 3 rings (SSSR count). The lowest BCUT2D eigenvalue weighted by molar-refractivity contribution is -0.148. The number of hydrogen-bond acceptors (Lipinski definition) is 4. The molecule has 2 unspecified atom stereocenters. The van der Waals surface area contributed by atoms with Crippen LogP contribution in [-0.4, -0.2) is 40.0 Å². The molecular formula is C36H49N3O4. The Morgan fingerprint density at radius 1 is 0.860 bits per heavy atom. The number of alkyl carbamates (subject to hydrolysis) is 1. The van der Waals surface area contributed by atoms with Crippen molar-refractivity contribution in [1.29, 1.82) is 0 Å². The molecule has 0 aliphatic carbocycles. The topological polar surface area (TPSA) is 87.7 Å². The van der Waals surface area contributed by atoms with Gasteiger partial charge in [-0.3, -0.25) is 9.59 Å². The van der Waals surface area contributed by atoms with E-state index in [4.69, 9.17) is 4.74 Å². The van der Waals surface area contributed by atoms with Gasteiger partial charge in [-0.2, -0.15) is 0 Å². The molecular weight excluding hydrogens is 538 g/mol. The molecule has 3 amide bonds. The summed E-state index contributed by atoms with van der Waals surface area (Å²) < 4.78 is 5.52. The third kappa shape index (κ3) is 9.06. The fraction of sp³-hybridized carbons (Fsp3) is 0.472. The number of aryl methyl sites for hydroxylation is 1. The number of amides is 3. The Hall–Kier alpha value is -3.87. The molecule has 0 saturated carbocycles. The van der Waals surface area contributed by atoms with E-state index >= 15 is 0 Å². The number of carbonyl (C=O) groups is 3. The SMILES string of the molecule is CCc1ccc(C(C(=O)Nc2ccc3ccccc3c2)N(C(=O)C(CC(C)C)NC(=O)OC(C)(C)C)C(C)(C)CC)cc1. The lowest BCUT2D eigenvalue weighted by Gasteiger charge is -2.44. The number of rotatable bonds is 11. The van der Waals surface area contributed by atoms with Crippen molar-refractivity contribution in [2.24, 2.45) is 5.92 Å². The highest BCUT2D eigenvalue weighted by atomic mass is 16.6. The van der Waals surface area contributed by atoms with Gasteiger partial charge in [0.25, 0.3) is 5.91 Å². The van der Waals surface area contributed by atoms with Crippen molar-refractivity contribution < 1.29 is 19.1 Å². The smallest absolute Gasteiger partial charge is 0.408 e. The quantitative estimate of drug-likeness (QED) is 0.238. The van der Waals surface area contributed by atoms with Crippen LogP contribution in [0.1, 0.15) is 92.3 Å². The summed E-state index contributed by atoms with van der Waals surface area (Å²) in [6, 6.07) is 19.8. The van der Waals surface area contributed by atoms with Crippen LogP contribution in [0.3, 0.4) is 0 Å². The van der Waals surface area contributed by atoms with Gasteiger partial charge in [0.15, 0.2) is 0 Å². The molecule has 7 heteroatoms. The third-order valence-electron chi connectivity index (χ3n) is 7.68. The molecule has 0 aromatic heterocycles. The standard InChI is InChI=1S/C36H49N3O4/c1-10-25-16-18-27(19-17-25)31(32(40)37-29-21-20-26-14-12-13-15-28(26)23-29)39(36(8,9)11-2)33(41)30(22-24(3)4)38-34(42)43-35(5,6)7/h12-21,23-24,30-31H,10-11,22H2,1-9H3,(H,37,40)(H,38,42). The number of nitrogens with zero attached hydrogens (tertiary/aromatic N) is 1. The van der Waals surface area contributed by atoms with Gasteiger partial charge < -0.3 is 20.3 Å². The number of ether oxygens (including phenoxy) is 1. The molecule has 3 aromatic carbocycles. The maximum atomic E-state index is 14.6. The van der Waals surface area contributed by atoms with Crippen LogP contribution in [0.4, 0.5) is 10.5 Å². The first-order chi connectivity index (χ1) is 20.1. The Morgan fingerprint density at radius 2 is 1.49 bits per heavy atom. The average molecular weight is 588 g/mol. The number of fused-ring (bicyclic) bond motifs is 1. The highest BCUT2D eigenvalue weighted by molar-refractivity contribution is 6.00. The summed E-state index contributed by atoms with van der Waals surface area (Å²) in [7, 11) is 0. The van der Waals surface area contributed by atoms with Crippen molar-refractivity contribution in [3.63, 3.8) is 0 Å². The van der Waals surface area contributed by atoms with Crippen LogP contribution < -0.4 is 10.6 Å². The molecule has 0 fully saturated rings. The van der Waals surface area contributed by atoms with Gasteiger partial charge in [0.1, 0.15) is 17.7 Å². The summed E-state index contributed by atoms with van der Waals surface area (Å²) in [5, 5.41) is 8.00. The lowest BCUT2D eigenvalue weighted by atomic mass is 9.90. The van der Waals surface area contributed by atoms with E-state index in [0.29, 0.717) is 24.1 Å². The predicted molar refractivity (Wildman–Crippen MR) is 175 cm³/mol. The monoisotopic (exact) mass is 587 g/mol. The van der Waals surface area contributed by atoms with Crippen molar-refractivity contribution in [1.82, 2.24) is 10.2 Å². The summed E-state index contributed by atoms with van der Waals surface area (Å²) in [6.07, 6.45) is 1.17. The third-order valence-corrected chi connectivity index (χ3v) is 7.68. The Kier molecular flexibility index (Phi) is 11.0. The van der Waals surface area contributed by atoms with Crippen molar-refractivity contribution >= 4 is 34.4 Å². The van der Waals surface area contributed by atoms with Crippen LogP contribution >= 0.6 is 0 Å². The van der Waals surface area contributed by atoms with Gasteiger partial charge in [-0.15, -0.1) is 0 Å². The molecule has 232 valence electrons. The first-order valence-electron chi connectivity index (χ1n) is 15.4. The maximum Gasteiger partial charge on any atom is 0.408 e. The number of benzene rings is 3. The van der Waals surface area contributed by atoms with Gasteiger partial charge in [-0.25, -0.2) is 4.79 Å². The van der Waals surface area contributed by atoms with E-state index in [1.54, 1.807) is 25.7 Å². The molecule has 0 bridgehead atoms. The van der Waals surface area contributed by atoms with Crippen LogP contribution in [0.25, 0.3) is 10.8 Å². The Labute approximate surface area is 257 Å². The zero-order chi connectivity index (χ0) is 31.9. The minimum absolute atomic E-state index is 0.101. The molecule has 0 heterocycles. The van der Waals surface area contributed by atoms with Crippen LogP contribution in [0.2, 0.25) is 0 Å². The second-order valence-electron chi connectivity index (χ2n) is 13.3. The van der Waals surface area contributed by atoms with Gasteiger partial charge in [0.05, 0.1) is 0 Å². The maximum absolute atomic E-state index is 14.6. The van der Waals surface area contributed by atoms with Crippen LogP contribution in [0, 0.1) is 5.92 Å². The fourth-order valence-electron chi connectivity index (χ4n) is 5.09. The highest BCUT2D eigenvalue weighted by Crippen LogP contribution is 2.34. The summed E-state index contributed by atoms with van der Waals surface area (Å²) in [5.74, 6) is -0.552. The van der Waals surface area contributed by atoms with E-state index in [2.05, 4.69) is 17.6 Å².